The number of nitrogens with one attached hydrogen (secondary N) is 1. The maximum Gasteiger partial charge on any atom is 0.260 e. The van der Waals surface area contributed by atoms with Gasteiger partial charge in [-0.15, -0.1) is 10.2 Å². The number of ether oxygens (including phenoxy) is 1. The molecular weight excluding hydrogens is 475 g/mol. The molecule has 2 aliphatic heterocycles. The maximum absolute atomic E-state index is 15.4. The number of likely N-dealkylation sites (N-methyl/N-ethyl adjacent to an activating group) is 1. The van der Waals surface area contributed by atoms with Crippen LogP contribution in [0.5, 0.6) is 5.75 Å². The van der Waals surface area contributed by atoms with Gasteiger partial charge < -0.3 is 20.4 Å². The number of halogens is 1. The first-order chi connectivity index (χ1) is 18.0. The highest BCUT2D eigenvalue weighted by Gasteiger charge is 2.23. The van der Waals surface area contributed by atoms with Crippen LogP contribution in [0.1, 0.15) is 22.3 Å². The Morgan fingerprint density at radius 3 is 3.00 bits per heavy atom. The van der Waals surface area contributed by atoms with Gasteiger partial charge in [0.2, 0.25) is 0 Å². The van der Waals surface area contributed by atoms with Crippen LogP contribution in [0.3, 0.4) is 0 Å². The maximum atomic E-state index is 15.4. The first-order valence-corrected chi connectivity index (χ1v) is 12.0. The third kappa shape index (κ3) is 5.26. The first-order valence-electron chi connectivity index (χ1n) is 12.0. The Morgan fingerprint density at radius 2 is 2.16 bits per heavy atom. The van der Waals surface area contributed by atoms with E-state index in [9.17, 15) is 4.79 Å². The van der Waals surface area contributed by atoms with Crippen molar-refractivity contribution in [3.8, 4) is 17.3 Å². The molecule has 3 N–H and O–H groups in total. The Labute approximate surface area is 213 Å². The molecule has 1 aromatic carbocycles. The average molecular weight is 503 g/mol. The molecule has 2 bridgehead atoms. The summed E-state index contributed by atoms with van der Waals surface area (Å²) in [7, 11) is 1.96. The number of aromatic nitrogens is 4. The van der Waals surface area contributed by atoms with E-state index in [1.54, 1.807) is 24.5 Å². The third-order valence-corrected chi connectivity index (χ3v) is 6.13. The van der Waals surface area contributed by atoms with Crippen molar-refractivity contribution >= 4 is 23.0 Å². The minimum Gasteiger partial charge on any atom is -0.492 e. The quantitative estimate of drug-likeness (QED) is 0.517. The van der Waals surface area contributed by atoms with Crippen LogP contribution < -0.4 is 15.8 Å². The Kier molecular flexibility index (Phi) is 7.04. The number of aliphatic imine (C=N–C) groups is 1. The van der Waals surface area contributed by atoms with Crippen molar-refractivity contribution in [1.29, 1.82) is 0 Å². The summed E-state index contributed by atoms with van der Waals surface area (Å²) < 4.78 is 23.1. The number of hydrogen-bond acceptors (Lipinski definition) is 8. The molecule has 10 nitrogen and oxygen atoms in total. The summed E-state index contributed by atoms with van der Waals surface area (Å²) in [5.74, 6) is -0.0216. The van der Waals surface area contributed by atoms with Crippen molar-refractivity contribution in [3.05, 3.63) is 72.0 Å². The summed E-state index contributed by atoms with van der Waals surface area (Å²) in [6, 6.07) is 7.93. The summed E-state index contributed by atoms with van der Waals surface area (Å²) in [6.07, 6.45) is 7.43. The van der Waals surface area contributed by atoms with Crippen LogP contribution in [-0.4, -0.2) is 69.6 Å². The van der Waals surface area contributed by atoms with Crippen LogP contribution >= 0.6 is 0 Å². The number of fused-ring (bicyclic) bond motifs is 5. The summed E-state index contributed by atoms with van der Waals surface area (Å²) in [4.78, 5) is 24.6. The molecule has 2 aromatic heterocycles. The van der Waals surface area contributed by atoms with E-state index in [0.29, 0.717) is 54.7 Å². The lowest BCUT2D eigenvalue weighted by Crippen LogP contribution is -2.34. The number of carbonyl (C=O) groups is 1. The van der Waals surface area contributed by atoms with E-state index in [2.05, 4.69) is 30.4 Å². The van der Waals surface area contributed by atoms with Crippen molar-refractivity contribution in [2.75, 3.05) is 38.6 Å². The van der Waals surface area contributed by atoms with Gasteiger partial charge in [0, 0.05) is 43.0 Å². The van der Waals surface area contributed by atoms with E-state index in [0.717, 1.165) is 6.54 Å². The minimum atomic E-state index is -0.550. The number of carbonyl (C=O) groups excluding carboxylic acids is 1. The molecule has 37 heavy (non-hydrogen) atoms. The molecule has 3 aromatic rings. The largest absolute Gasteiger partial charge is 0.492 e. The lowest BCUT2D eigenvalue weighted by atomic mass is 9.97. The zero-order chi connectivity index (χ0) is 25.8. The molecule has 0 spiro atoms. The molecule has 11 heteroatoms. The highest BCUT2D eigenvalue weighted by atomic mass is 19.1. The molecule has 1 amide bonds. The molecule has 190 valence electrons. The second kappa shape index (κ2) is 10.7. The highest BCUT2D eigenvalue weighted by Crippen LogP contribution is 2.30. The Hall–Kier alpha value is -4.38. The fourth-order valence-corrected chi connectivity index (χ4v) is 4.25. The van der Waals surface area contributed by atoms with Gasteiger partial charge >= 0.3 is 0 Å². The van der Waals surface area contributed by atoms with Gasteiger partial charge in [-0.05, 0) is 31.7 Å². The highest BCUT2D eigenvalue weighted by molar-refractivity contribution is 6.25. The van der Waals surface area contributed by atoms with E-state index < -0.39 is 11.7 Å². The molecule has 2 aliphatic rings. The number of benzene rings is 1. The van der Waals surface area contributed by atoms with E-state index in [1.165, 1.54) is 18.3 Å². The van der Waals surface area contributed by atoms with Gasteiger partial charge in [-0.2, -0.15) is 0 Å². The van der Waals surface area contributed by atoms with Crippen molar-refractivity contribution < 1.29 is 13.9 Å². The van der Waals surface area contributed by atoms with Gasteiger partial charge in [0.25, 0.3) is 5.91 Å². The number of allylic oxidation sites excluding steroid dienone is 1. The van der Waals surface area contributed by atoms with Crippen LogP contribution in [0.2, 0.25) is 0 Å². The van der Waals surface area contributed by atoms with Crippen LogP contribution in [0, 0.1) is 5.82 Å². The number of anilines is 1. The molecule has 0 atom stereocenters. The summed E-state index contributed by atoms with van der Waals surface area (Å²) in [5, 5.41) is 11.0. The normalized spacial score (nSPS) is 17.8. The Bertz CT molecular complexity index is 1410. The van der Waals surface area contributed by atoms with Gasteiger partial charge in [0.05, 0.1) is 24.4 Å². The SMILES string of the molecule is CN1CCN=C(C(=CN)c2cc3c(cc2F)OCC/C=C\Cn2cnnc2-c2cccc(n2)NC3=O)C1. The van der Waals surface area contributed by atoms with E-state index >= 15 is 4.39 Å². The molecule has 0 saturated carbocycles. The molecule has 0 radical (unpaired) electrons. The van der Waals surface area contributed by atoms with Crippen LogP contribution in [0.25, 0.3) is 17.1 Å². The monoisotopic (exact) mass is 502 g/mol. The Balaban J connectivity index is 1.55. The second-order valence-electron chi connectivity index (χ2n) is 8.75. The van der Waals surface area contributed by atoms with Crippen LogP contribution in [-0.2, 0) is 6.54 Å². The fourth-order valence-electron chi connectivity index (χ4n) is 4.25. The summed E-state index contributed by atoms with van der Waals surface area (Å²) >= 11 is 0. The average Bonchev–Trinajstić information content (AvgIpc) is 3.36. The molecule has 5 rings (SSSR count). The third-order valence-electron chi connectivity index (χ3n) is 6.13. The van der Waals surface area contributed by atoms with Crippen molar-refractivity contribution in [3.63, 3.8) is 0 Å². The number of nitrogens with zero attached hydrogens (tertiary/aromatic N) is 6. The topological polar surface area (TPSA) is 124 Å². The molecule has 0 aliphatic carbocycles. The van der Waals surface area contributed by atoms with Gasteiger partial charge in [-0.1, -0.05) is 18.2 Å². The molecule has 0 unspecified atom stereocenters. The predicted octanol–water partition coefficient (Wildman–Crippen LogP) is 2.76. The Morgan fingerprint density at radius 1 is 1.27 bits per heavy atom. The lowest BCUT2D eigenvalue weighted by Gasteiger charge is -2.24. The number of amides is 1. The number of rotatable bonds is 2. The molecular formula is C26H27FN8O2. The van der Waals surface area contributed by atoms with Gasteiger partial charge in [-0.3, -0.25) is 14.7 Å². The second-order valence-corrected chi connectivity index (χ2v) is 8.75. The zero-order valence-electron chi connectivity index (χ0n) is 20.4. The van der Waals surface area contributed by atoms with Crippen LogP contribution in [0.4, 0.5) is 10.2 Å². The molecule has 0 saturated heterocycles. The van der Waals surface area contributed by atoms with Gasteiger partial charge in [-0.25, -0.2) is 9.37 Å². The molecule has 0 fully saturated rings. The molecule has 4 heterocycles. The first kappa shape index (κ1) is 24.3. The van der Waals surface area contributed by atoms with Crippen LogP contribution in [0.15, 0.2) is 60.0 Å². The van der Waals surface area contributed by atoms with Crippen molar-refractivity contribution in [2.24, 2.45) is 10.7 Å². The van der Waals surface area contributed by atoms with E-state index in [4.69, 9.17) is 10.5 Å². The summed E-state index contributed by atoms with van der Waals surface area (Å²) in [6.45, 7) is 2.72. The standard InChI is InChI=1S/C26H27FN8O2/c1-34-10-8-29-22(15-34)19(14-28)17-12-18-23(13-20(17)27)37-11-4-2-3-9-35-16-30-33-25(35)21-6-5-7-24(31-21)32-26(18)36/h2-3,5-7,12-14,16H,4,8-11,15,28H2,1H3,(H,31,32,36)/b3-2-,19-14?. The predicted molar refractivity (Wildman–Crippen MR) is 139 cm³/mol. The number of hydrogen-bond donors (Lipinski definition) is 2. The fraction of sp³-hybridized carbons (Fsp3) is 0.269. The van der Waals surface area contributed by atoms with Crippen molar-refractivity contribution in [1.82, 2.24) is 24.6 Å². The number of pyridine rings is 1. The zero-order valence-corrected chi connectivity index (χ0v) is 20.4. The van der Waals surface area contributed by atoms with Gasteiger partial charge in [0.1, 0.15) is 29.4 Å². The number of nitrogens with two attached hydrogens (primary N) is 1. The summed E-state index contributed by atoms with van der Waals surface area (Å²) in [5.41, 5.74) is 7.94. The van der Waals surface area contributed by atoms with Gasteiger partial charge in [0.15, 0.2) is 5.82 Å². The van der Waals surface area contributed by atoms with E-state index in [1.807, 2.05) is 23.8 Å². The lowest BCUT2D eigenvalue weighted by molar-refractivity contribution is 0.102. The van der Waals surface area contributed by atoms with E-state index in [-0.39, 0.29) is 23.5 Å². The smallest absolute Gasteiger partial charge is 0.260 e. The minimum absolute atomic E-state index is 0.134. The van der Waals surface area contributed by atoms with Crippen molar-refractivity contribution in [2.45, 2.75) is 13.0 Å².